The van der Waals surface area contributed by atoms with Crippen LogP contribution in [-0.2, 0) is 0 Å². The Bertz CT molecular complexity index is 725. The van der Waals surface area contributed by atoms with E-state index >= 15 is 0 Å². The van der Waals surface area contributed by atoms with Gasteiger partial charge in [-0.25, -0.2) is 4.79 Å². The molecule has 2 aromatic carbocycles. The highest BCUT2D eigenvalue weighted by molar-refractivity contribution is 6.31. The molecule has 2 N–H and O–H groups in total. The second-order valence-corrected chi connectivity index (χ2v) is 5.20. The minimum atomic E-state index is -1.02. The topological polar surface area (TPSA) is 66.4 Å². The summed E-state index contributed by atoms with van der Waals surface area (Å²) in [5.41, 5.74) is 2.51. The van der Waals surface area contributed by atoms with Crippen LogP contribution in [0.1, 0.15) is 33.2 Å². The quantitative estimate of drug-likeness (QED) is 0.827. The molecule has 0 aromatic heterocycles. The van der Waals surface area contributed by atoms with Gasteiger partial charge in [0.25, 0.3) is 0 Å². The fourth-order valence-electron chi connectivity index (χ4n) is 1.96. The first kappa shape index (κ1) is 15.1. The van der Waals surface area contributed by atoms with Gasteiger partial charge < -0.3 is 10.4 Å². The number of hydrogen-bond acceptors (Lipinski definition) is 3. The van der Waals surface area contributed by atoms with Crippen molar-refractivity contribution in [3.05, 3.63) is 58.1 Å². The molecule has 4 nitrogen and oxygen atoms in total. The average Bonchev–Trinajstić information content (AvgIpc) is 2.40. The third-order valence-corrected chi connectivity index (χ3v) is 3.21. The van der Waals surface area contributed by atoms with Crippen molar-refractivity contribution in [2.45, 2.75) is 13.8 Å². The zero-order valence-corrected chi connectivity index (χ0v) is 12.4. The van der Waals surface area contributed by atoms with Crippen LogP contribution in [0.25, 0.3) is 0 Å². The first-order valence-electron chi connectivity index (χ1n) is 6.29. The van der Waals surface area contributed by atoms with E-state index in [1.165, 1.54) is 6.92 Å². The molecule has 0 aliphatic rings. The lowest BCUT2D eigenvalue weighted by atomic mass is 10.1. The van der Waals surface area contributed by atoms with E-state index in [0.29, 0.717) is 22.0 Å². The molecule has 0 saturated carbocycles. The van der Waals surface area contributed by atoms with Crippen molar-refractivity contribution in [2.24, 2.45) is 0 Å². The molecule has 0 aliphatic heterocycles. The number of rotatable bonds is 4. The van der Waals surface area contributed by atoms with Gasteiger partial charge >= 0.3 is 5.97 Å². The fraction of sp³-hybridized carbons (Fsp3) is 0.125. The standard InChI is InChI=1S/C16H14ClNO3/c1-9-3-4-15(14(5-9)16(20)21)18-13-7-11(10(2)19)6-12(17)8-13/h3-8,18H,1-2H3,(H,20,21). The third-order valence-electron chi connectivity index (χ3n) is 2.99. The number of carboxylic acid groups (broad SMARTS) is 1. The summed E-state index contributed by atoms with van der Waals surface area (Å²) in [6, 6.07) is 9.93. The second-order valence-electron chi connectivity index (χ2n) is 4.76. The molecule has 21 heavy (non-hydrogen) atoms. The molecule has 0 spiro atoms. The van der Waals surface area contributed by atoms with Crippen LogP contribution < -0.4 is 5.32 Å². The fourth-order valence-corrected chi connectivity index (χ4v) is 2.20. The number of carbonyl (C=O) groups excluding carboxylic acids is 1. The highest BCUT2D eigenvalue weighted by Gasteiger charge is 2.11. The number of hydrogen-bond donors (Lipinski definition) is 2. The van der Waals surface area contributed by atoms with Crippen LogP contribution >= 0.6 is 11.6 Å². The van der Waals surface area contributed by atoms with Crippen LogP contribution in [-0.4, -0.2) is 16.9 Å². The lowest BCUT2D eigenvalue weighted by Gasteiger charge is -2.11. The van der Waals surface area contributed by atoms with Gasteiger partial charge in [-0.2, -0.15) is 0 Å². The van der Waals surface area contributed by atoms with Crippen LogP contribution in [0.5, 0.6) is 0 Å². The highest BCUT2D eigenvalue weighted by Crippen LogP contribution is 2.26. The van der Waals surface area contributed by atoms with Gasteiger partial charge in [-0.3, -0.25) is 4.79 Å². The Morgan fingerprint density at radius 2 is 1.86 bits per heavy atom. The van der Waals surface area contributed by atoms with Crippen molar-refractivity contribution in [1.29, 1.82) is 0 Å². The largest absolute Gasteiger partial charge is 0.478 e. The highest BCUT2D eigenvalue weighted by atomic mass is 35.5. The SMILES string of the molecule is CC(=O)c1cc(Cl)cc(Nc2ccc(C)cc2C(=O)O)c1. The van der Waals surface area contributed by atoms with E-state index in [9.17, 15) is 14.7 Å². The van der Waals surface area contributed by atoms with Gasteiger partial charge in [0.2, 0.25) is 0 Å². The lowest BCUT2D eigenvalue weighted by Crippen LogP contribution is -2.04. The number of carbonyl (C=O) groups is 2. The van der Waals surface area contributed by atoms with E-state index < -0.39 is 5.97 Å². The minimum absolute atomic E-state index is 0.108. The van der Waals surface area contributed by atoms with E-state index in [0.717, 1.165) is 5.56 Å². The van der Waals surface area contributed by atoms with Crippen LogP contribution in [0, 0.1) is 6.92 Å². The number of anilines is 2. The van der Waals surface area contributed by atoms with E-state index in [2.05, 4.69) is 5.32 Å². The van der Waals surface area contributed by atoms with E-state index in [1.54, 1.807) is 30.3 Å². The van der Waals surface area contributed by atoms with Gasteiger partial charge in [-0.1, -0.05) is 23.2 Å². The normalized spacial score (nSPS) is 10.2. The summed E-state index contributed by atoms with van der Waals surface area (Å²) in [5, 5.41) is 12.7. The van der Waals surface area contributed by atoms with Gasteiger partial charge in [0.05, 0.1) is 11.3 Å². The summed E-state index contributed by atoms with van der Waals surface area (Å²) in [4.78, 5) is 22.7. The van der Waals surface area contributed by atoms with E-state index in [1.807, 2.05) is 13.0 Å². The number of carboxylic acids is 1. The molecule has 0 fully saturated rings. The molecule has 0 amide bonds. The van der Waals surface area contributed by atoms with Gasteiger partial charge in [0.15, 0.2) is 5.78 Å². The van der Waals surface area contributed by atoms with Gasteiger partial charge in [-0.05, 0) is 44.2 Å². The first-order valence-corrected chi connectivity index (χ1v) is 6.67. The Morgan fingerprint density at radius 1 is 1.14 bits per heavy atom. The van der Waals surface area contributed by atoms with Crippen molar-refractivity contribution in [1.82, 2.24) is 0 Å². The van der Waals surface area contributed by atoms with Crippen LogP contribution in [0.3, 0.4) is 0 Å². The molecule has 5 heteroatoms. The van der Waals surface area contributed by atoms with Gasteiger partial charge in [-0.15, -0.1) is 0 Å². The number of ketones is 1. The molecule has 0 radical (unpaired) electrons. The number of halogens is 1. The molecule has 0 aliphatic carbocycles. The molecule has 108 valence electrons. The molecule has 0 atom stereocenters. The van der Waals surface area contributed by atoms with Gasteiger partial charge in [0, 0.05) is 16.3 Å². The summed E-state index contributed by atoms with van der Waals surface area (Å²) in [6.07, 6.45) is 0. The molecule has 0 saturated heterocycles. The summed E-state index contributed by atoms with van der Waals surface area (Å²) in [6.45, 7) is 3.27. The summed E-state index contributed by atoms with van der Waals surface area (Å²) < 4.78 is 0. The molecule has 2 rings (SSSR count). The van der Waals surface area contributed by atoms with Crippen LogP contribution in [0.15, 0.2) is 36.4 Å². The Balaban J connectivity index is 2.43. The number of aryl methyl sites for hydroxylation is 1. The minimum Gasteiger partial charge on any atom is -0.478 e. The summed E-state index contributed by atoms with van der Waals surface area (Å²) in [7, 11) is 0. The van der Waals surface area contributed by atoms with Crippen LogP contribution in [0.4, 0.5) is 11.4 Å². The number of aromatic carboxylic acids is 1. The van der Waals surface area contributed by atoms with Crippen LogP contribution in [0.2, 0.25) is 5.02 Å². The number of benzene rings is 2. The van der Waals surface area contributed by atoms with Gasteiger partial charge in [0.1, 0.15) is 0 Å². The summed E-state index contributed by atoms with van der Waals surface area (Å²) in [5.74, 6) is -1.13. The van der Waals surface area contributed by atoms with E-state index in [-0.39, 0.29) is 11.3 Å². The predicted molar refractivity (Wildman–Crippen MR) is 82.9 cm³/mol. The average molecular weight is 304 g/mol. The molecule has 0 unspecified atom stereocenters. The zero-order chi connectivity index (χ0) is 15.6. The molecular weight excluding hydrogens is 290 g/mol. The van der Waals surface area contributed by atoms with Crippen molar-refractivity contribution >= 4 is 34.7 Å². The van der Waals surface area contributed by atoms with Crippen molar-refractivity contribution in [2.75, 3.05) is 5.32 Å². The summed E-state index contributed by atoms with van der Waals surface area (Å²) >= 11 is 5.98. The molecular formula is C16H14ClNO3. The maximum Gasteiger partial charge on any atom is 0.337 e. The number of nitrogens with one attached hydrogen (secondary N) is 1. The monoisotopic (exact) mass is 303 g/mol. The Kier molecular flexibility index (Phi) is 4.29. The maximum atomic E-state index is 11.4. The molecule has 0 bridgehead atoms. The third kappa shape index (κ3) is 3.61. The maximum absolute atomic E-state index is 11.4. The predicted octanol–water partition coefficient (Wildman–Crippen LogP) is 4.29. The smallest absolute Gasteiger partial charge is 0.337 e. The second kappa shape index (κ2) is 5.97. The Morgan fingerprint density at radius 3 is 2.48 bits per heavy atom. The Hall–Kier alpha value is -2.33. The van der Waals surface area contributed by atoms with E-state index in [4.69, 9.17) is 11.6 Å². The van der Waals surface area contributed by atoms with Crippen molar-refractivity contribution < 1.29 is 14.7 Å². The molecule has 2 aromatic rings. The van der Waals surface area contributed by atoms with Crippen molar-refractivity contribution in [3.8, 4) is 0 Å². The molecule has 0 heterocycles. The zero-order valence-electron chi connectivity index (χ0n) is 11.6. The number of Topliss-reactive ketones (excluding diaryl/α,β-unsaturated/α-hetero) is 1. The first-order chi connectivity index (χ1) is 9.86. The lowest BCUT2D eigenvalue weighted by molar-refractivity contribution is 0.0697. The van der Waals surface area contributed by atoms with Crippen molar-refractivity contribution in [3.63, 3.8) is 0 Å². The Labute approximate surface area is 127 Å².